The number of nitrogens with one attached hydrogen (secondary N) is 2. The van der Waals surface area contributed by atoms with E-state index >= 15 is 0 Å². The van der Waals surface area contributed by atoms with E-state index in [9.17, 15) is 13.2 Å². The van der Waals surface area contributed by atoms with Crippen LogP contribution in [0.2, 0.25) is 0 Å². The molecule has 21 heavy (non-hydrogen) atoms. The van der Waals surface area contributed by atoms with Crippen LogP contribution in [0.3, 0.4) is 0 Å². The van der Waals surface area contributed by atoms with Crippen molar-refractivity contribution in [3.8, 4) is 0 Å². The standard InChI is InChI=1S/C15H24N2O3S/c1-11-10-13(15(3,4)5)6-7-14(11)21(19,20)17-9-8-16-12(2)18/h6-7,10,17H,8-9H2,1-5H3,(H,16,18). The number of hydrogen-bond donors (Lipinski definition) is 2. The van der Waals surface area contributed by atoms with Gasteiger partial charge >= 0.3 is 0 Å². The SMILES string of the molecule is CC(=O)NCCNS(=O)(=O)c1ccc(C(C)(C)C)cc1C. The van der Waals surface area contributed by atoms with Gasteiger partial charge in [-0.3, -0.25) is 4.79 Å². The van der Waals surface area contributed by atoms with Crippen LogP contribution >= 0.6 is 0 Å². The lowest BCUT2D eigenvalue weighted by Crippen LogP contribution is -2.34. The molecule has 0 saturated carbocycles. The summed E-state index contributed by atoms with van der Waals surface area (Å²) in [6.07, 6.45) is 0. The van der Waals surface area contributed by atoms with Gasteiger partial charge in [-0.2, -0.15) is 0 Å². The Kier molecular flexibility index (Phi) is 5.53. The number of rotatable bonds is 5. The highest BCUT2D eigenvalue weighted by Crippen LogP contribution is 2.25. The molecule has 0 bridgehead atoms. The lowest BCUT2D eigenvalue weighted by molar-refractivity contribution is -0.118. The number of carbonyl (C=O) groups is 1. The highest BCUT2D eigenvalue weighted by Gasteiger charge is 2.19. The number of benzene rings is 1. The van der Waals surface area contributed by atoms with Crippen molar-refractivity contribution in [1.82, 2.24) is 10.0 Å². The van der Waals surface area contributed by atoms with Gasteiger partial charge in [-0.25, -0.2) is 13.1 Å². The number of sulfonamides is 1. The monoisotopic (exact) mass is 312 g/mol. The van der Waals surface area contributed by atoms with Crippen molar-refractivity contribution in [2.75, 3.05) is 13.1 Å². The number of hydrogen-bond acceptors (Lipinski definition) is 3. The first-order valence-electron chi connectivity index (χ1n) is 6.89. The summed E-state index contributed by atoms with van der Waals surface area (Å²) in [4.78, 5) is 11.0. The van der Waals surface area contributed by atoms with Crippen molar-refractivity contribution in [1.29, 1.82) is 0 Å². The topological polar surface area (TPSA) is 75.3 Å². The van der Waals surface area contributed by atoms with Gasteiger partial charge in [-0.05, 0) is 29.5 Å². The van der Waals surface area contributed by atoms with Crippen molar-refractivity contribution in [2.45, 2.75) is 44.9 Å². The third-order valence-corrected chi connectivity index (χ3v) is 4.74. The van der Waals surface area contributed by atoms with Crippen LogP contribution in [0.1, 0.15) is 38.8 Å². The largest absolute Gasteiger partial charge is 0.355 e. The van der Waals surface area contributed by atoms with Gasteiger partial charge in [0, 0.05) is 20.0 Å². The van der Waals surface area contributed by atoms with E-state index < -0.39 is 10.0 Å². The summed E-state index contributed by atoms with van der Waals surface area (Å²) >= 11 is 0. The van der Waals surface area contributed by atoms with Crippen molar-refractivity contribution < 1.29 is 13.2 Å². The Bertz CT molecular complexity index is 616. The van der Waals surface area contributed by atoms with Crippen LogP contribution in [0.25, 0.3) is 0 Å². The molecule has 0 radical (unpaired) electrons. The Morgan fingerprint density at radius 1 is 1.19 bits per heavy atom. The first-order chi connectivity index (χ1) is 9.54. The maximum Gasteiger partial charge on any atom is 0.240 e. The van der Waals surface area contributed by atoms with E-state index in [1.54, 1.807) is 13.0 Å². The molecule has 1 rings (SSSR count). The van der Waals surface area contributed by atoms with Crippen molar-refractivity contribution >= 4 is 15.9 Å². The van der Waals surface area contributed by atoms with Crippen LogP contribution in [0.5, 0.6) is 0 Å². The van der Waals surface area contributed by atoms with Gasteiger partial charge < -0.3 is 5.32 Å². The minimum atomic E-state index is -3.55. The minimum absolute atomic E-state index is 0.0219. The molecule has 1 aromatic carbocycles. The fourth-order valence-corrected chi connectivity index (χ4v) is 3.18. The molecular formula is C15H24N2O3S. The third kappa shape index (κ3) is 5.13. The second-order valence-corrected chi connectivity index (χ2v) is 7.85. The number of amides is 1. The van der Waals surface area contributed by atoms with E-state index in [2.05, 4.69) is 30.8 Å². The molecule has 0 fully saturated rings. The Morgan fingerprint density at radius 3 is 2.29 bits per heavy atom. The van der Waals surface area contributed by atoms with Gasteiger partial charge in [0.15, 0.2) is 0 Å². The minimum Gasteiger partial charge on any atom is -0.355 e. The van der Waals surface area contributed by atoms with Crippen LogP contribution in [-0.2, 0) is 20.2 Å². The Labute approximate surface area is 127 Å². The van der Waals surface area contributed by atoms with Crippen molar-refractivity contribution in [3.05, 3.63) is 29.3 Å². The average Bonchev–Trinajstić information content (AvgIpc) is 2.33. The summed E-state index contributed by atoms with van der Waals surface area (Å²) < 4.78 is 27.0. The second-order valence-electron chi connectivity index (χ2n) is 6.11. The zero-order valence-electron chi connectivity index (χ0n) is 13.3. The molecule has 0 aliphatic rings. The third-order valence-electron chi connectivity index (χ3n) is 3.12. The molecule has 0 aliphatic heterocycles. The van der Waals surface area contributed by atoms with Crippen LogP contribution in [0.4, 0.5) is 0 Å². The quantitative estimate of drug-likeness (QED) is 0.813. The fraction of sp³-hybridized carbons (Fsp3) is 0.533. The van der Waals surface area contributed by atoms with E-state index in [1.807, 2.05) is 12.1 Å². The molecular weight excluding hydrogens is 288 g/mol. The van der Waals surface area contributed by atoms with Crippen molar-refractivity contribution in [2.24, 2.45) is 0 Å². The molecule has 1 amide bonds. The summed E-state index contributed by atoms with van der Waals surface area (Å²) in [5.74, 6) is -0.181. The highest BCUT2D eigenvalue weighted by atomic mass is 32.2. The molecule has 1 aromatic rings. The molecule has 0 aromatic heterocycles. The van der Waals surface area contributed by atoms with E-state index in [1.165, 1.54) is 6.92 Å². The smallest absolute Gasteiger partial charge is 0.240 e. The molecule has 6 heteroatoms. The predicted molar refractivity (Wildman–Crippen MR) is 83.8 cm³/mol. The van der Waals surface area contributed by atoms with E-state index in [-0.39, 0.29) is 29.3 Å². The molecule has 0 unspecified atom stereocenters. The lowest BCUT2D eigenvalue weighted by Gasteiger charge is -2.20. The Morgan fingerprint density at radius 2 is 1.81 bits per heavy atom. The van der Waals surface area contributed by atoms with Gasteiger partial charge in [-0.15, -0.1) is 0 Å². The summed E-state index contributed by atoms with van der Waals surface area (Å²) in [5.41, 5.74) is 1.79. The molecule has 118 valence electrons. The molecule has 0 heterocycles. The average molecular weight is 312 g/mol. The zero-order valence-corrected chi connectivity index (χ0v) is 14.1. The van der Waals surface area contributed by atoms with E-state index in [0.717, 1.165) is 11.1 Å². The molecule has 0 saturated heterocycles. The zero-order chi connectivity index (χ0) is 16.3. The van der Waals surface area contributed by atoms with E-state index in [4.69, 9.17) is 0 Å². The molecule has 0 atom stereocenters. The first kappa shape index (κ1) is 17.7. The van der Waals surface area contributed by atoms with Crippen LogP contribution in [0, 0.1) is 6.92 Å². The number of aryl methyl sites for hydroxylation is 1. The van der Waals surface area contributed by atoms with Gasteiger partial charge in [0.05, 0.1) is 4.90 Å². The molecule has 0 spiro atoms. The summed E-state index contributed by atoms with van der Waals surface area (Å²) in [5, 5.41) is 2.55. The van der Waals surface area contributed by atoms with Crippen molar-refractivity contribution in [3.63, 3.8) is 0 Å². The van der Waals surface area contributed by atoms with Gasteiger partial charge in [0.25, 0.3) is 0 Å². The van der Waals surface area contributed by atoms with Gasteiger partial charge in [-0.1, -0.05) is 32.9 Å². The summed E-state index contributed by atoms with van der Waals surface area (Å²) in [6.45, 7) is 9.88. The van der Waals surface area contributed by atoms with Crippen LogP contribution in [-0.4, -0.2) is 27.4 Å². The summed E-state index contributed by atoms with van der Waals surface area (Å²) in [7, 11) is -3.55. The van der Waals surface area contributed by atoms with Crippen LogP contribution in [0.15, 0.2) is 23.1 Å². The first-order valence-corrected chi connectivity index (χ1v) is 8.37. The highest BCUT2D eigenvalue weighted by molar-refractivity contribution is 7.89. The van der Waals surface area contributed by atoms with Gasteiger partial charge in [0.2, 0.25) is 15.9 Å². The second kappa shape index (κ2) is 6.58. The number of carbonyl (C=O) groups excluding carboxylic acids is 1. The Balaban J connectivity index is 2.87. The normalized spacial score (nSPS) is 12.2. The fourth-order valence-electron chi connectivity index (χ4n) is 1.92. The molecule has 0 aliphatic carbocycles. The van der Waals surface area contributed by atoms with Crippen LogP contribution < -0.4 is 10.0 Å². The maximum atomic E-state index is 12.2. The van der Waals surface area contributed by atoms with Gasteiger partial charge in [0.1, 0.15) is 0 Å². The maximum absolute atomic E-state index is 12.2. The Hall–Kier alpha value is -1.40. The summed E-state index contributed by atoms with van der Waals surface area (Å²) in [6, 6.07) is 5.38. The molecule has 2 N–H and O–H groups in total. The molecule has 5 nitrogen and oxygen atoms in total. The lowest BCUT2D eigenvalue weighted by atomic mass is 9.86. The predicted octanol–water partition coefficient (Wildman–Crippen LogP) is 1.71. The van der Waals surface area contributed by atoms with E-state index in [0.29, 0.717) is 0 Å².